The molecule has 9 nitrogen and oxygen atoms in total. The zero-order valence-electron chi connectivity index (χ0n) is 20.1. The van der Waals surface area contributed by atoms with Crippen LogP contribution in [0.2, 0.25) is 0 Å². The van der Waals surface area contributed by atoms with E-state index in [0.717, 1.165) is 35.5 Å². The van der Waals surface area contributed by atoms with E-state index < -0.39 is 30.8 Å². The van der Waals surface area contributed by atoms with E-state index in [0.29, 0.717) is 12.8 Å². The number of amidine groups is 1. The normalized spacial score (nSPS) is 27.4. The third-order valence-corrected chi connectivity index (χ3v) is 9.48. The fraction of sp³-hybridized carbons (Fsp3) is 0.739. The Balaban J connectivity index is 1.45. The topological polar surface area (TPSA) is 109 Å². The number of nitrogens with zero attached hydrogens (tertiary/aromatic N) is 3. The number of aliphatic hydroxyl groups excluding tert-OH is 1. The first kappa shape index (κ1) is 25.4. The largest absolute Gasteiger partial charge is 0.428 e. The van der Waals surface area contributed by atoms with Gasteiger partial charge in [-0.05, 0) is 19.8 Å². The number of β-lactam (4-membered cyclic amide) rings is 1. The van der Waals surface area contributed by atoms with Crippen molar-refractivity contribution in [2.24, 2.45) is 22.7 Å². The second kappa shape index (κ2) is 10.5. The van der Waals surface area contributed by atoms with Gasteiger partial charge in [-0.2, -0.15) is 0 Å². The van der Waals surface area contributed by atoms with Gasteiger partial charge in [-0.15, -0.1) is 11.8 Å². The Kier molecular flexibility index (Phi) is 7.83. The number of aliphatic imine (C=N–C) groups is 1. The number of thioether (sulfide) groups is 2. The van der Waals surface area contributed by atoms with Gasteiger partial charge in [0.1, 0.15) is 5.70 Å². The molecule has 4 rings (SSSR count). The highest BCUT2D eigenvalue weighted by Gasteiger charge is 2.60. The highest BCUT2D eigenvalue weighted by molar-refractivity contribution is 8.14. The summed E-state index contributed by atoms with van der Waals surface area (Å²) in [6.45, 7) is 9.45. The molecule has 0 bridgehead atoms. The van der Waals surface area contributed by atoms with Crippen molar-refractivity contribution in [2.45, 2.75) is 57.9 Å². The highest BCUT2D eigenvalue weighted by atomic mass is 32.2. The van der Waals surface area contributed by atoms with Gasteiger partial charge in [0.2, 0.25) is 12.7 Å². The second-order valence-corrected chi connectivity index (χ2v) is 11.6. The van der Waals surface area contributed by atoms with E-state index >= 15 is 0 Å². The number of ether oxygens (including phenoxy) is 2. The van der Waals surface area contributed by atoms with Crippen molar-refractivity contribution in [3.63, 3.8) is 0 Å². The predicted molar refractivity (Wildman–Crippen MR) is 131 cm³/mol. The van der Waals surface area contributed by atoms with Crippen LogP contribution in [-0.4, -0.2) is 87.5 Å². The summed E-state index contributed by atoms with van der Waals surface area (Å²) in [5.74, 6) is -1.17. The number of hydrogen-bond acceptors (Lipinski definition) is 10. The van der Waals surface area contributed by atoms with Gasteiger partial charge < -0.3 is 24.4 Å². The maximum Gasteiger partial charge on any atom is 0.358 e. The molecule has 4 heterocycles. The summed E-state index contributed by atoms with van der Waals surface area (Å²) in [6.07, 6.45) is 0.511. The molecule has 188 valence electrons. The lowest BCUT2D eigenvalue weighted by Gasteiger charge is -2.46. The maximum atomic E-state index is 13.1. The molecule has 0 spiro atoms. The first-order chi connectivity index (χ1) is 16.3. The summed E-state index contributed by atoms with van der Waals surface area (Å²) in [7, 11) is 0. The standard InChI is InChI=1S/C23H33N3O6S2/c1-5-14(6-2)21(29)31-11-32-22(30)18-19(12(3)17-16(13(4)27)20(28)26(17)18)34-15-9-25(10-15)23-24-7-8-33-23/h12-17,27H,5-11H2,1-4H3/t12-,13-,16-,17-/m1/s1. The molecule has 2 saturated heterocycles. The number of carbonyl (C=O) groups is 3. The lowest BCUT2D eigenvalue weighted by Crippen LogP contribution is -2.63. The van der Waals surface area contributed by atoms with Crippen LogP contribution in [0.25, 0.3) is 0 Å². The minimum Gasteiger partial charge on any atom is -0.428 e. The third-order valence-electron chi connectivity index (χ3n) is 6.99. The van der Waals surface area contributed by atoms with Gasteiger partial charge in [-0.1, -0.05) is 32.5 Å². The van der Waals surface area contributed by atoms with Crippen molar-refractivity contribution in [3.8, 4) is 0 Å². The molecule has 4 aliphatic heterocycles. The smallest absolute Gasteiger partial charge is 0.358 e. The van der Waals surface area contributed by atoms with Crippen molar-refractivity contribution in [3.05, 3.63) is 10.6 Å². The van der Waals surface area contributed by atoms with Crippen molar-refractivity contribution >= 4 is 46.5 Å². The summed E-state index contributed by atoms with van der Waals surface area (Å²) in [6, 6.07) is -0.268. The number of rotatable bonds is 9. The van der Waals surface area contributed by atoms with Crippen LogP contribution in [0.15, 0.2) is 15.6 Å². The molecule has 0 saturated carbocycles. The zero-order chi connectivity index (χ0) is 24.6. The third kappa shape index (κ3) is 4.58. The number of carbonyl (C=O) groups excluding carboxylic acids is 3. The van der Waals surface area contributed by atoms with Crippen LogP contribution in [0, 0.1) is 17.8 Å². The predicted octanol–water partition coefficient (Wildman–Crippen LogP) is 2.06. The summed E-state index contributed by atoms with van der Waals surface area (Å²) >= 11 is 3.37. The summed E-state index contributed by atoms with van der Waals surface area (Å²) < 4.78 is 10.5. The molecular formula is C23H33N3O6S2. The molecule has 0 unspecified atom stereocenters. The van der Waals surface area contributed by atoms with E-state index in [4.69, 9.17) is 9.47 Å². The molecule has 4 atom stereocenters. The van der Waals surface area contributed by atoms with Gasteiger partial charge in [-0.25, -0.2) is 4.79 Å². The number of aliphatic hydroxyl groups is 1. The van der Waals surface area contributed by atoms with E-state index in [2.05, 4.69) is 9.89 Å². The van der Waals surface area contributed by atoms with Gasteiger partial charge in [0.15, 0.2) is 5.17 Å². The fourth-order valence-corrected chi connectivity index (χ4v) is 7.38. The first-order valence-corrected chi connectivity index (χ1v) is 13.8. The molecule has 11 heteroatoms. The molecule has 0 aliphatic carbocycles. The summed E-state index contributed by atoms with van der Waals surface area (Å²) in [5, 5.41) is 11.5. The van der Waals surface area contributed by atoms with Crippen molar-refractivity contribution in [1.82, 2.24) is 9.80 Å². The SMILES string of the molecule is CCC(CC)C(=O)OCOC(=O)C1=C(SC2CN(C3=NCCS3)C2)[C@H](C)[C@@H]2[C@@H]([C@@H](C)O)C(=O)N12. The van der Waals surface area contributed by atoms with E-state index in [1.807, 2.05) is 20.8 Å². The number of likely N-dealkylation sites (tertiary alicyclic amines) is 1. The average molecular weight is 512 g/mol. The van der Waals surface area contributed by atoms with Crippen LogP contribution in [-0.2, 0) is 23.9 Å². The van der Waals surface area contributed by atoms with Crippen LogP contribution >= 0.6 is 23.5 Å². The first-order valence-electron chi connectivity index (χ1n) is 12.0. The number of hydrogen-bond donors (Lipinski definition) is 1. The number of fused-ring (bicyclic) bond motifs is 1. The Morgan fingerprint density at radius 3 is 2.56 bits per heavy atom. The minimum absolute atomic E-state index is 0.0933. The van der Waals surface area contributed by atoms with Crippen LogP contribution in [0.4, 0.5) is 0 Å². The Hall–Kier alpha value is -1.72. The lowest BCUT2D eigenvalue weighted by molar-refractivity contribution is -0.173. The Morgan fingerprint density at radius 2 is 1.97 bits per heavy atom. The molecule has 0 radical (unpaired) electrons. The lowest BCUT2D eigenvalue weighted by atomic mass is 9.79. The second-order valence-electron chi connectivity index (χ2n) is 9.15. The molecule has 1 N–H and O–H groups in total. The zero-order valence-corrected chi connectivity index (χ0v) is 21.7. The van der Waals surface area contributed by atoms with Crippen molar-refractivity contribution in [1.29, 1.82) is 0 Å². The maximum absolute atomic E-state index is 13.1. The Labute approximate surface area is 208 Å². The highest BCUT2D eigenvalue weighted by Crippen LogP contribution is 2.52. The molecule has 4 aliphatic rings. The van der Waals surface area contributed by atoms with Gasteiger partial charge in [0, 0.05) is 34.9 Å². The molecule has 34 heavy (non-hydrogen) atoms. The van der Waals surface area contributed by atoms with Crippen LogP contribution in [0.1, 0.15) is 40.5 Å². The van der Waals surface area contributed by atoms with Gasteiger partial charge in [0.05, 0.1) is 30.5 Å². The van der Waals surface area contributed by atoms with Crippen LogP contribution in [0.3, 0.4) is 0 Å². The Bertz CT molecular complexity index is 897. The van der Waals surface area contributed by atoms with E-state index in [1.165, 1.54) is 4.90 Å². The molecule has 2 fully saturated rings. The van der Waals surface area contributed by atoms with Gasteiger partial charge in [-0.3, -0.25) is 14.6 Å². The summed E-state index contributed by atoms with van der Waals surface area (Å²) in [5.41, 5.74) is 0.231. The number of esters is 2. The monoisotopic (exact) mass is 511 g/mol. The summed E-state index contributed by atoms with van der Waals surface area (Å²) in [4.78, 5) is 47.1. The molecule has 1 amide bonds. The van der Waals surface area contributed by atoms with Crippen LogP contribution in [0.5, 0.6) is 0 Å². The Morgan fingerprint density at radius 1 is 1.26 bits per heavy atom. The fourth-order valence-electron chi connectivity index (χ4n) is 4.98. The quantitative estimate of drug-likeness (QED) is 0.283. The van der Waals surface area contributed by atoms with E-state index in [1.54, 1.807) is 30.4 Å². The van der Waals surface area contributed by atoms with Gasteiger partial charge in [0.25, 0.3) is 0 Å². The van der Waals surface area contributed by atoms with E-state index in [-0.39, 0.29) is 34.7 Å². The van der Waals surface area contributed by atoms with Crippen molar-refractivity contribution in [2.75, 3.05) is 32.2 Å². The molecule has 0 aromatic carbocycles. The van der Waals surface area contributed by atoms with Crippen molar-refractivity contribution < 1.29 is 29.0 Å². The molecule has 0 aromatic rings. The molecule has 0 aromatic heterocycles. The van der Waals surface area contributed by atoms with E-state index in [9.17, 15) is 19.5 Å². The average Bonchev–Trinajstić information content (AvgIpc) is 3.36. The molecular weight excluding hydrogens is 478 g/mol. The minimum atomic E-state index is -0.796. The number of amides is 1. The van der Waals surface area contributed by atoms with Gasteiger partial charge >= 0.3 is 11.9 Å². The van der Waals surface area contributed by atoms with Crippen LogP contribution < -0.4 is 0 Å².